The van der Waals surface area contributed by atoms with Crippen molar-refractivity contribution in [3.63, 3.8) is 0 Å². The second-order valence-electron chi connectivity index (χ2n) is 4.87. The third-order valence-electron chi connectivity index (χ3n) is 3.04. The maximum atomic E-state index is 11.7. The van der Waals surface area contributed by atoms with Gasteiger partial charge in [-0.3, -0.25) is 4.79 Å². The summed E-state index contributed by atoms with van der Waals surface area (Å²) in [5.74, 6) is 0.914. The van der Waals surface area contributed by atoms with Gasteiger partial charge in [-0.2, -0.15) is 0 Å². The fourth-order valence-electron chi connectivity index (χ4n) is 1.97. The lowest BCUT2D eigenvalue weighted by molar-refractivity contribution is -0.111. The Kier molecular flexibility index (Phi) is 15.7. The molecule has 120 valence electrons. The number of hydrogen-bond donors (Lipinski definition) is 0. The molecule has 20 heavy (non-hydrogen) atoms. The monoisotopic (exact) mass is 320 g/mol. The van der Waals surface area contributed by atoms with Crippen LogP contribution in [0.4, 0.5) is 0 Å². The summed E-state index contributed by atoms with van der Waals surface area (Å²) in [6.07, 6.45) is 7.85. The van der Waals surface area contributed by atoms with Gasteiger partial charge in [0.1, 0.15) is 0 Å². The molecule has 3 nitrogen and oxygen atoms in total. The summed E-state index contributed by atoms with van der Waals surface area (Å²) in [5.41, 5.74) is 0. The van der Waals surface area contributed by atoms with Crippen LogP contribution in [0.5, 0.6) is 0 Å². The molecule has 0 spiro atoms. The van der Waals surface area contributed by atoms with E-state index in [0.29, 0.717) is 5.12 Å². The Morgan fingerprint density at radius 2 is 1.60 bits per heavy atom. The number of carbonyl (C=O) groups is 1. The van der Waals surface area contributed by atoms with Crippen molar-refractivity contribution in [1.29, 1.82) is 0 Å². The highest BCUT2D eigenvalue weighted by Crippen LogP contribution is 2.14. The maximum Gasteiger partial charge on any atom is 0.321 e. The highest BCUT2D eigenvalue weighted by atomic mass is 32.2. The van der Waals surface area contributed by atoms with Gasteiger partial charge >= 0.3 is 9.28 Å². The number of unbranched alkanes of at least 4 members (excludes halogenated alkanes) is 4. The molecule has 0 aromatic carbocycles. The molecule has 5 heteroatoms. The maximum absolute atomic E-state index is 11.7. The van der Waals surface area contributed by atoms with E-state index in [2.05, 4.69) is 6.92 Å². The molecule has 0 aromatic rings. The van der Waals surface area contributed by atoms with E-state index in [1.165, 1.54) is 37.4 Å². The van der Waals surface area contributed by atoms with Crippen molar-refractivity contribution >= 4 is 26.2 Å². The van der Waals surface area contributed by atoms with Crippen LogP contribution in [0.15, 0.2) is 0 Å². The number of hydrogen-bond acceptors (Lipinski definition) is 4. The fraction of sp³-hybridized carbons (Fsp3) is 0.933. The molecule has 0 heterocycles. The van der Waals surface area contributed by atoms with Gasteiger partial charge in [0.2, 0.25) is 0 Å². The van der Waals surface area contributed by atoms with Crippen molar-refractivity contribution in [2.75, 3.05) is 19.0 Å². The predicted octanol–water partition coefficient (Wildman–Crippen LogP) is 4.29. The Bertz CT molecular complexity index is 221. The van der Waals surface area contributed by atoms with Crippen molar-refractivity contribution in [2.24, 2.45) is 0 Å². The van der Waals surface area contributed by atoms with Gasteiger partial charge < -0.3 is 8.85 Å². The quantitative estimate of drug-likeness (QED) is 0.353. The summed E-state index contributed by atoms with van der Waals surface area (Å²) in [5, 5.41) is 0.354. The molecule has 0 amide bonds. The minimum absolute atomic E-state index is 0.354. The van der Waals surface area contributed by atoms with E-state index in [9.17, 15) is 4.79 Å². The summed E-state index contributed by atoms with van der Waals surface area (Å²) < 4.78 is 11.2. The highest BCUT2D eigenvalue weighted by molar-refractivity contribution is 8.13. The molecule has 0 saturated carbocycles. The van der Waals surface area contributed by atoms with Crippen LogP contribution in [-0.2, 0) is 13.6 Å². The van der Waals surface area contributed by atoms with E-state index in [0.717, 1.165) is 44.3 Å². The van der Waals surface area contributed by atoms with E-state index in [-0.39, 0.29) is 0 Å². The van der Waals surface area contributed by atoms with Gasteiger partial charge in [0.15, 0.2) is 5.12 Å². The molecule has 0 fully saturated rings. The second-order valence-corrected chi connectivity index (χ2v) is 8.12. The molecule has 0 aliphatic heterocycles. The zero-order valence-corrected chi connectivity index (χ0v) is 15.5. The smallest absolute Gasteiger partial charge is 0.321 e. The van der Waals surface area contributed by atoms with Crippen molar-refractivity contribution in [1.82, 2.24) is 0 Å². The molecular formula is C15H32O3SSi. The molecule has 0 unspecified atom stereocenters. The Morgan fingerprint density at radius 3 is 2.20 bits per heavy atom. The van der Waals surface area contributed by atoms with Gasteiger partial charge in [-0.25, -0.2) is 0 Å². The first-order chi connectivity index (χ1) is 9.74. The first kappa shape index (κ1) is 20.2. The molecular weight excluding hydrogens is 288 g/mol. The molecule has 0 saturated heterocycles. The van der Waals surface area contributed by atoms with Crippen LogP contribution in [-0.4, -0.2) is 33.4 Å². The van der Waals surface area contributed by atoms with E-state index >= 15 is 0 Å². The number of rotatable bonds is 14. The summed E-state index contributed by atoms with van der Waals surface area (Å²) in [7, 11) is -1.46. The van der Waals surface area contributed by atoms with E-state index in [1.54, 1.807) is 0 Å². The van der Waals surface area contributed by atoms with E-state index in [4.69, 9.17) is 8.85 Å². The topological polar surface area (TPSA) is 35.5 Å². The third-order valence-corrected chi connectivity index (χ3v) is 6.35. The second kappa shape index (κ2) is 15.5. The normalized spacial score (nSPS) is 11.2. The van der Waals surface area contributed by atoms with Gasteiger partial charge in [0, 0.05) is 25.4 Å². The molecule has 0 rings (SSSR count). The molecule has 0 atom stereocenters. The third kappa shape index (κ3) is 13.2. The molecule has 0 bridgehead atoms. The molecule has 0 N–H and O–H groups in total. The average molecular weight is 321 g/mol. The minimum Gasteiger partial charge on any atom is -0.397 e. The summed E-state index contributed by atoms with van der Waals surface area (Å²) in [6.45, 7) is 7.70. The first-order valence-corrected chi connectivity index (χ1v) is 10.9. The van der Waals surface area contributed by atoms with Crippen LogP contribution in [0, 0.1) is 0 Å². The summed E-state index contributed by atoms with van der Waals surface area (Å²) >= 11 is 1.49. The Hall–Kier alpha value is 0.157. The molecule has 0 radical (unpaired) electrons. The largest absolute Gasteiger partial charge is 0.397 e. The Labute approximate surface area is 131 Å². The fourth-order valence-corrected chi connectivity index (χ4v) is 4.80. The van der Waals surface area contributed by atoms with Gasteiger partial charge in [-0.1, -0.05) is 44.4 Å². The van der Waals surface area contributed by atoms with Crippen LogP contribution in [0.3, 0.4) is 0 Å². The van der Waals surface area contributed by atoms with Gasteiger partial charge in [-0.15, -0.1) is 0 Å². The van der Waals surface area contributed by atoms with Crippen LogP contribution >= 0.6 is 11.8 Å². The standard InChI is InChI=1S/C15H32O3SSi/c1-4-7-8-9-10-12-15(16)19-13-11-14-20(17-5-2)18-6-3/h20H,4-14H2,1-3H3. The van der Waals surface area contributed by atoms with Gasteiger partial charge in [0.05, 0.1) is 0 Å². The van der Waals surface area contributed by atoms with Crippen LogP contribution in [0.1, 0.15) is 65.7 Å². The Balaban J connectivity index is 3.45. The average Bonchev–Trinajstić information content (AvgIpc) is 2.43. The van der Waals surface area contributed by atoms with Gasteiger partial charge in [0.25, 0.3) is 0 Å². The van der Waals surface area contributed by atoms with Crippen molar-refractivity contribution < 1.29 is 13.6 Å². The number of carbonyl (C=O) groups excluding carboxylic acids is 1. The SMILES string of the molecule is CCCCCCCC(=O)SCCC[SiH](OCC)OCC. The lowest BCUT2D eigenvalue weighted by Crippen LogP contribution is -2.22. The van der Waals surface area contributed by atoms with Crippen LogP contribution < -0.4 is 0 Å². The molecule has 0 aliphatic rings. The minimum atomic E-state index is -1.46. The van der Waals surface area contributed by atoms with E-state index < -0.39 is 9.28 Å². The van der Waals surface area contributed by atoms with Crippen molar-refractivity contribution in [2.45, 2.75) is 71.8 Å². The lowest BCUT2D eigenvalue weighted by Gasteiger charge is -2.14. The van der Waals surface area contributed by atoms with E-state index in [1.807, 2.05) is 13.8 Å². The predicted molar refractivity (Wildman–Crippen MR) is 90.7 cm³/mol. The highest BCUT2D eigenvalue weighted by Gasteiger charge is 2.12. The first-order valence-electron chi connectivity index (χ1n) is 8.13. The number of thioether (sulfide) groups is 1. The zero-order valence-electron chi connectivity index (χ0n) is 13.5. The zero-order chi connectivity index (χ0) is 15.1. The van der Waals surface area contributed by atoms with Crippen LogP contribution in [0.25, 0.3) is 0 Å². The molecule has 0 aliphatic carbocycles. The Morgan fingerprint density at radius 1 is 0.950 bits per heavy atom. The van der Waals surface area contributed by atoms with Crippen molar-refractivity contribution in [3.05, 3.63) is 0 Å². The molecule has 0 aromatic heterocycles. The lowest BCUT2D eigenvalue weighted by atomic mass is 10.1. The van der Waals surface area contributed by atoms with Crippen LogP contribution in [0.2, 0.25) is 6.04 Å². The summed E-state index contributed by atoms with van der Waals surface area (Å²) in [6, 6.07) is 1.01. The van der Waals surface area contributed by atoms with Gasteiger partial charge in [-0.05, 0) is 32.7 Å². The summed E-state index contributed by atoms with van der Waals surface area (Å²) in [4.78, 5) is 11.7. The van der Waals surface area contributed by atoms with Crippen molar-refractivity contribution in [3.8, 4) is 0 Å².